The van der Waals surface area contributed by atoms with Crippen molar-refractivity contribution in [2.24, 2.45) is 29.6 Å². The van der Waals surface area contributed by atoms with Crippen molar-refractivity contribution in [2.75, 3.05) is 19.0 Å². The number of rotatable bonds is 5. The molecule has 4 atom stereocenters. The van der Waals surface area contributed by atoms with Gasteiger partial charge in [-0.25, -0.2) is 8.78 Å². The highest BCUT2D eigenvalue weighted by atomic mass is 35.5. The number of carbonyl (C=O) groups excluding carboxylic acids is 1. The molecule has 4 unspecified atom stereocenters. The predicted molar refractivity (Wildman–Crippen MR) is 64.6 cm³/mol. The van der Waals surface area contributed by atoms with Crippen molar-refractivity contribution in [3.05, 3.63) is 0 Å². The molecule has 0 heterocycles. The lowest BCUT2D eigenvalue weighted by Gasteiger charge is -2.22. The van der Waals surface area contributed by atoms with Gasteiger partial charge in [0.25, 0.3) is 6.43 Å². The Labute approximate surface area is 111 Å². The highest BCUT2D eigenvalue weighted by Gasteiger charge is 2.67. The molecular formula is C13H18ClF2NO. The third-order valence-corrected chi connectivity index (χ3v) is 5.21. The van der Waals surface area contributed by atoms with E-state index in [1.165, 1.54) is 24.2 Å². The van der Waals surface area contributed by atoms with Crippen LogP contribution in [0.15, 0.2) is 0 Å². The minimum Gasteiger partial charge on any atom is -0.336 e. The van der Waals surface area contributed by atoms with Crippen LogP contribution in [0.4, 0.5) is 8.78 Å². The average molecular weight is 278 g/mol. The normalized spacial score (nSPS) is 40.1. The first-order chi connectivity index (χ1) is 8.63. The smallest absolute Gasteiger partial charge is 0.255 e. The number of hydrogen-bond acceptors (Lipinski definition) is 1. The summed E-state index contributed by atoms with van der Waals surface area (Å²) in [7, 11) is 0. The van der Waals surface area contributed by atoms with Crippen molar-refractivity contribution in [3.63, 3.8) is 0 Å². The van der Waals surface area contributed by atoms with E-state index in [1.54, 1.807) is 0 Å². The molecule has 0 aromatic carbocycles. The van der Waals surface area contributed by atoms with Crippen LogP contribution in [0.1, 0.15) is 19.3 Å². The van der Waals surface area contributed by atoms with E-state index >= 15 is 0 Å². The van der Waals surface area contributed by atoms with Crippen molar-refractivity contribution in [3.8, 4) is 0 Å². The molecular weight excluding hydrogens is 260 g/mol. The molecule has 0 spiro atoms. The number of nitrogens with zero attached hydrogens (tertiary/aromatic N) is 1. The standard InChI is InChI=1S/C13H18ClF2NO/c14-3-4-17(6-9(15)16)13(18)12-10-7-1-2-8(5-7)11(10)12/h7-12H,1-6H2. The molecule has 3 fully saturated rings. The summed E-state index contributed by atoms with van der Waals surface area (Å²) in [6.45, 7) is -0.215. The Hall–Kier alpha value is -0.380. The van der Waals surface area contributed by atoms with Gasteiger partial charge < -0.3 is 4.90 Å². The van der Waals surface area contributed by atoms with E-state index in [4.69, 9.17) is 11.6 Å². The Balaban J connectivity index is 1.64. The molecule has 3 rings (SSSR count). The van der Waals surface area contributed by atoms with Crippen LogP contribution in [0.5, 0.6) is 0 Å². The summed E-state index contributed by atoms with van der Waals surface area (Å²) in [6, 6.07) is 0. The van der Waals surface area contributed by atoms with Gasteiger partial charge in [0.1, 0.15) is 0 Å². The summed E-state index contributed by atoms with van der Waals surface area (Å²) >= 11 is 5.60. The van der Waals surface area contributed by atoms with Crippen LogP contribution < -0.4 is 0 Å². The number of alkyl halides is 3. The monoisotopic (exact) mass is 277 g/mol. The van der Waals surface area contributed by atoms with Crippen LogP contribution in [-0.4, -0.2) is 36.2 Å². The van der Waals surface area contributed by atoms with Crippen molar-refractivity contribution < 1.29 is 13.6 Å². The molecule has 0 radical (unpaired) electrons. The van der Waals surface area contributed by atoms with Crippen molar-refractivity contribution in [2.45, 2.75) is 25.7 Å². The molecule has 3 aliphatic carbocycles. The SMILES string of the molecule is O=C(C1C2C3CCC(C3)C12)N(CCCl)CC(F)F. The van der Waals surface area contributed by atoms with Gasteiger partial charge in [-0.1, -0.05) is 0 Å². The van der Waals surface area contributed by atoms with Gasteiger partial charge in [-0.3, -0.25) is 4.79 Å². The van der Waals surface area contributed by atoms with Gasteiger partial charge in [0.15, 0.2) is 0 Å². The van der Waals surface area contributed by atoms with Crippen LogP contribution in [0.3, 0.4) is 0 Å². The molecule has 3 aliphatic rings. The maximum absolute atomic E-state index is 12.5. The van der Waals surface area contributed by atoms with E-state index in [-0.39, 0.29) is 24.2 Å². The van der Waals surface area contributed by atoms with E-state index < -0.39 is 13.0 Å². The average Bonchev–Trinajstić information content (AvgIpc) is 2.75. The van der Waals surface area contributed by atoms with Gasteiger partial charge in [-0.05, 0) is 42.9 Å². The minimum atomic E-state index is -2.47. The Morgan fingerprint density at radius 1 is 1.28 bits per heavy atom. The van der Waals surface area contributed by atoms with E-state index in [1.807, 2.05) is 0 Å². The Bertz CT molecular complexity index is 332. The molecule has 3 saturated carbocycles. The van der Waals surface area contributed by atoms with Gasteiger partial charge in [-0.2, -0.15) is 0 Å². The van der Waals surface area contributed by atoms with Crippen molar-refractivity contribution in [1.29, 1.82) is 0 Å². The van der Waals surface area contributed by atoms with E-state index in [9.17, 15) is 13.6 Å². The van der Waals surface area contributed by atoms with E-state index in [2.05, 4.69) is 0 Å². The second-order valence-electron chi connectivity index (χ2n) is 5.88. The molecule has 5 heteroatoms. The van der Waals surface area contributed by atoms with Gasteiger partial charge in [0.2, 0.25) is 5.91 Å². The summed E-state index contributed by atoms with van der Waals surface area (Å²) in [6.07, 6.45) is 1.27. The summed E-state index contributed by atoms with van der Waals surface area (Å²) in [5.74, 6) is 2.60. The fourth-order valence-electron chi connectivity index (χ4n) is 4.43. The molecule has 1 amide bonds. The van der Waals surface area contributed by atoms with Crippen molar-refractivity contribution in [1.82, 2.24) is 4.90 Å². The molecule has 2 bridgehead atoms. The van der Waals surface area contributed by atoms with Gasteiger partial charge in [-0.15, -0.1) is 11.6 Å². The highest BCUT2D eigenvalue weighted by molar-refractivity contribution is 6.18. The zero-order chi connectivity index (χ0) is 12.9. The summed E-state index contributed by atoms with van der Waals surface area (Å²) < 4.78 is 24.9. The fraction of sp³-hybridized carbons (Fsp3) is 0.923. The Kier molecular flexibility index (Phi) is 3.25. The highest BCUT2D eigenvalue weighted by Crippen LogP contribution is 2.69. The maximum Gasteiger partial charge on any atom is 0.255 e. The molecule has 0 aromatic rings. The topological polar surface area (TPSA) is 20.3 Å². The van der Waals surface area contributed by atoms with E-state index in [0.717, 1.165) is 0 Å². The van der Waals surface area contributed by atoms with E-state index in [0.29, 0.717) is 23.7 Å². The second-order valence-corrected chi connectivity index (χ2v) is 6.26. The molecule has 0 saturated heterocycles. The maximum atomic E-state index is 12.5. The van der Waals surface area contributed by atoms with Gasteiger partial charge in [0.05, 0.1) is 6.54 Å². The van der Waals surface area contributed by atoms with Crippen LogP contribution in [-0.2, 0) is 4.79 Å². The first-order valence-electron chi connectivity index (χ1n) is 6.76. The molecule has 0 aliphatic heterocycles. The lowest BCUT2D eigenvalue weighted by atomic mass is 10.0. The van der Waals surface area contributed by atoms with Gasteiger partial charge in [0, 0.05) is 18.3 Å². The van der Waals surface area contributed by atoms with Crippen molar-refractivity contribution >= 4 is 17.5 Å². The molecule has 18 heavy (non-hydrogen) atoms. The molecule has 2 nitrogen and oxygen atoms in total. The van der Waals surface area contributed by atoms with Gasteiger partial charge >= 0.3 is 0 Å². The zero-order valence-corrected chi connectivity index (χ0v) is 11.0. The lowest BCUT2D eigenvalue weighted by Crippen LogP contribution is -2.38. The Morgan fingerprint density at radius 2 is 1.89 bits per heavy atom. The molecule has 0 N–H and O–H groups in total. The largest absolute Gasteiger partial charge is 0.336 e. The number of fused-ring (bicyclic) bond motifs is 5. The number of carbonyl (C=O) groups is 1. The lowest BCUT2D eigenvalue weighted by molar-refractivity contribution is -0.135. The van der Waals surface area contributed by atoms with Crippen LogP contribution in [0.2, 0.25) is 0 Å². The van der Waals surface area contributed by atoms with Crippen LogP contribution in [0, 0.1) is 29.6 Å². The number of amides is 1. The number of hydrogen-bond donors (Lipinski definition) is 0. The second kappa shape index (κ2) is 4.62. The summed E-state index contributed by atoms with van der Waals surface area (Å²) in [5.41, 5.74) is 0. The zero-order valence-electron chi connectivity index (χ0n) is 10.2. The first-order valence-corrected chi connectivity index (χ1v) is 7.29. The molecule has 0 aromatic heterocycles. The molecule has 102 valence electrons. The third kappa shape index (κ3) is 1.93. The summed E-state index contributed by atoms with van der Waals surface area (Å²) in [5, 5.41) is 0. The third-order valence-electron chi connectivity index (χ3n) is 5.04. The van der Waals surface area contributed by atoms with Crippen LogP contribution in [0.25, 0.3) is 0 Å². The fourth-order valence-corrected chi connectivity index (χ4v) is 4.63. The number of halogens is 3. The predicted octanol–water partition coefficient (Wildman–Crippen LogP) is 2.61. The first kappa shape index (κ1) is 12.6. The van der Waals surface area contributed by atoms with Crippen LogP contribution >= 0.6 is 11.6 Å². The minimum absolute atomic E-state index is 0.0400. The summed E-state index contributed by atoms with van der Waals surface area (Å²) in [4.78, 5) is 13.6. The quantitative estimate of drug-likeness (QED) is 0.708. The Morgan fingerprint density at radius 3 is 2.39 bits per heavy atom.